The molecule has 0 unspecified atom stereocenters. The lowest BCUT2D eigenvalue weighted by atomic mass is 10.2. The van der Waals surface area contributed by atoms with Gasteiger partial charge in [0.05, 0.1) is 0 Å². The minimum Gasteiger partial charge on any atom is -0.310 e. The van der Waals surface area contributed by atoms with Crippen molar-refractivity contribution in [1.29, 1.82) is 0 Å². The van der Waals surface area contributed by atoms with Crippen LogP contribution >= 0.6 is 23.1 Å². The van der Waals surface area contributed by atoms with Gasteiger partial charge in [-0.15, -0.1) is 23.1 Å². The molecule has 1 aromatic carbocycles. The van der Waals surface area contributed by atoms with Crippen molar-refractivity contribution in [1.82, 2.24) is 5.32 Å². The first-order valence-electron chi connectivity index (χ1n) is 6.71. The predicted octanol–water partition coefficient (Wildman–Crippen LogP) is 4.58. The molecule has 1 nitrogen and oxygen atoms in total. The van der Waals surface area contributed by atoms with Crippen molar-refractivity contribution in [3.63, 3.8) is 0 Å². The zero-order valence-corrected chi connectivity index (χ0v) is 13.2. The zero-order valence-electron chi connectivity index (χ0n) is 11.6. The van der Waals surface area contributed by atoms with E-state index in [1.54, 1.807) is 0 Å². The molecule has 0 fully saturated rings. The van der Waals surface area contributed by atoms with Crippen LogP contribution in [-0.2, 0) is 13.0 Å². The van der Waals surface area contributed by atoms with E-state index >= 15 is 0 Å². The summed E-state index contributed by atoms with van der Waals surface area (Å²) in [5.74, 6) is 1.15. The number of hydrogen-bond donors (Lipinski definition) is 1. The van der Waals surface area contributed by atoms with Gasteiger partial charge in [-0.25, -0.2) is 0 Å². The first-order valence-corrected chi connectivity index (χ1v) is 8.58. The maximum atomic E-state index is 3.46. The Kier molecular flexibility index (Phi) is 5.95. The van der Waals surface area contributed by atoms with Gasteiger partial charge in [-0.3, -0.25) is 0 Å². The summed E-state index contributed by atoms with van der Waals surface area (Å²) in [6, 6.07) is 13.7. The standard InChI is InChI=1S/C16H21NS2/c1-13(2)17-12-14-5-3-6-16(11-14)19-10-8-15-7-4-9-18-15/h3-7,9,11,13,17H,8,10,12H2,1-2H3. The monoisotopic (exact) mass is 291 g/mol. The predicted molar refractivity (Wildman–Crippen MR) is 87.2 cm³/mol. The molecule has 0 aliphatic carbocycles. The van der Waals surface area contributed by atoms with Gasteiger partial charge < -0.3 is 5.32 Å². The third kappa shape index (κ3) is 5.39. The molecule has 0 spiro atoms. The zero-order chi connectivity index (χ0) is 13.5. The second-order valence-corrected chi connectivity index (χ2v) is 7.06. The molecule has 0 saturated carbocycles. The number of aryl methyl sites for hydroxylation is 1. The van der Waals surface area contributed by atoms with Crippen LogP contribution in [0, 0.1) is 0 Å². The maximum absolute atomic E-state index is 3.46. The molecule has 0 amide bonds. The van der Waals surface area contributed by atoms with Crippen LogP contribution in [0.1, 0.15) is 24.3 Å². The Balaban J connectivity index is 1.81. The van der Waals surface area contributed by atoms with Crippen molar-refractivity contribution in [3.8, 4) is 0 Å². The summed E-state index contributed by atoms with van der Waals surface area (Å²) in [5.41, 5.74) is 1.37. The highest BCUT2D eigenvalue weighted by Gasteiger charge is 2.00. The molecule has 1 aromatic heterocycles. The first kappa shape index (κ1) is 14.6. The Hall–Kier alpha value is -0.770. The molecule has 1 N–H and O–H groups in total. The highest BCUT2D eigenvalue weighted by Crippen LogP contribution is 2.21. The highest BCUT2D eigenvalue weighted by atomic mass is 32.2. The van der Waals surface area contributed by atoms with Crippen molar-refractivity contribution < 1.29 is 0 Å². The summed E-state index contributed by atoms with van der Waals surface area (Å²) in [5, 5.41) is 5.61. The Labute approximate surface area is 124 Å². The van der Waals surface area contributed by atoms with Gasteiger partial charge in [-0.1, -0.05) is 32.0 Å². The van der Waals surface area contributed by atoms with E-state index in [0.29, 0.717) is 6.04 Å². The Bertz CT molecular complexity index is 477. The first-order chi connectivity index (χ1) is 9.24. The van der Waals surface area contributed by atoms with Gasteiger partial charge in [0, 0.05) is 28.1 Å². The van der Waals surface area contributed by atoms with Crippen LogP contribution in [0.4, 0.5) is 0 Å². The van der Waals surface area contributed by atoms with Gasteiger partial charge in [0.15, 0.2) is 0 Å². The van der Waals surface area contributed by atoms with E-state index in [0.717, 1.165) is 18.7 Å². The number of rotatable bonds is 7. The number of nitrogens with one attached hydrogen (secondary N) is 1. The summed E-state index contributed by atoms with van der Waals surface area (Å²) in [4.78, 5) is 2.85. The van der Waals surface area contributed by atoms with Crippen molar-refractivity contribution in [3.05, 3.63) is 52.2 Å². The second kappa shape index (κ2) is 7.73. The van der Waals surface area contributed by atoms with Gasteiger partial charge in [0.2, 0.25) is 0 Å². The van der Waals surface area contributed by atoms with Crippen LogP contribution in [0.25, 0.3) is 0 Å². The van der Waals surface area contributed by atoms with E-state index in [1.165, 1.54) is 15.3 Å². The molecule has 2 rings (SSSR count). The van der Waals surface area contributed by atoms with E-state index in [2.05, 4.69) is 60.9 Å². The quantitative estimate of drug-likeness (QED) is 0.749. The highest BCUT2D eigenvalue weighted by molar-refractivity contribution is 7.99. The second-order valence-electron chi connectivity index (χ2n) is 4.86. The molecular weight excluding hydrogens is 270 g/mol. The van der Waals surface area contributed by atoms with E-state index in [-0.39, 0.29) is 0 Å². The number of benzene rings is 1. The number of thioether (sulfide) groups is 1. The van der Waals surface area contributed by atoms with Crippen LogP contribution < -0.4 is 5.32 Å². The minimum atomic E-state index is 0.537. The summed E-state index contributed by atoms with van der Waals surface area (Å²) < 4.78 is 0. The van der Waals surface area contributed by atoms with Gasteiger partial charge in [0.1, 0.15) is 0 Å². The lowest BCUT2D eigenvalue weighted by Gasteiger charge is -2.09. The van der Waals surface area contributed by atoms with Crippen LogP contribution in [0.2, 0.25) is 0 Å². The smallest absolute Gasteiger partial charge is 0.0208 e. The SMILES string of the molecule is CC(C)NCc1cccc(SCCc2cccs2)c1. The average Bonchev–Trinajstić information content (AvgIpc) is 2.90. The molecule has 3 heteroatoms. The van der Waals surface area contributed by atoms with Crippen molar-refractivity contribution in [2.45, 2.75) is 37.8 Å². The van der Waals surface area contributed by atoms with E-state index in [1.807, 2.05) is 23.1 Å². The van der Waals surface area contributed by atoms with Crippen LogP contribution in [0.15, 0.2) is 46.7 Å². The molecule has 0 aliphatic rings. The van der Waals surface area contributed by atoms with E-state index in [9.17, 15) is 0 Å². The van der Waals surface area contributed by atoms with Gasteiger partial charge >= 0.3 is 0 Å². The van der Waals surface area contributed by atoms with Crippen LogP contribution in [-0.4, -0.2) is 11.8 Å². The van der Waals surface area contributed by atoms with E-state index in [4.69, 9.17) is 0 Å². The molecular formula is C16H21NS2. The molecule has 102 valence electrons. The molecule has 0 saturated heterocycles. The number of thiophene rings is 1. The van der Waals surface area contributed by atoms with Crippen LogP contribution in [0.3, 0.4) is 0 Å². The fourth-order valence-corrected chi connectivity index (χ4v) is 3.60. The van der Waals surface area contributed by atoms with E-state index < -0.39 is 0 Å². The normalized spacial score (nSPS) is 11.1. The van der Waals surface area contributed by atoms with Gasteiger partial charge in [0.25, 0.3) is 0 Å². The van der Waals surface area contributed by atoms with Crippen molar-refractivity contribution >= 4 is 23.1 Å². The van der Waals surface area contributed by atoms with Crippen molar-refractivity contribution in [2.24, 2.45) is 0 Å². The summed E-state index contributed by atoms with van der Waals surface area (Å²) in [6.07, 6.45) is 1.16. The Morgan fingerprint density at radius 1 is 1.21 bits per heavy atom. The minimum absolute atomic E-state index is 0.537. The lowest BCUT2D eigenvalue weighted by molar-refractivity contribution is 0.588. The number of hydrogen-bond acceptors (Lipinski definition) is 3. The topological polar surface area (TPSA) is 12.0 Å². The fourth-order valence-electron chi connectivity index (χ4n) is 1.79. The average molecular weight is 291 g/mol. The van der Waals surface area contributed by atoms with Crippen molar-refractivity contribution in [2.75, 3.05) is 5.75 Å². The molecule has 0 atom stereocenters. The molecule has 0 radical (unpaired) electrons. The summed E-state index contributed by atoms with van der Waals surface area (Å²) >= 11 is 3.80. The Morgan fingerprint density at radius 3 is 2.84 bits per heavy atom. The van der Waals surface area contributed by atoms with Gasteiger partial charge in [-0.2, -0.15) is 0 Å². The fraction of sp³-hybridized carbons (Fsp3) is 0.375. The maximum Gasteiger partial charge on any atom is 0.0208 e. The largest absolute Gasteiger partial charge is 0.310 e. The lowest BCUT2D eigenvalue weighted by Crippen LogP contribution is -2.21. The summed E-state index contributed by atoms with van der Waals surface area (Å²) in [6.45, 7) is 5.32. The van der Waals surface area contributed by atoms with Crippen LogP contribution in [0.5, 0.6) is 0 Å². The third-order valence-corrected chi connectivity index (χ3v) is 4.74. The van der Waals surface area contributed by atoms with Gasteiger partial charge in [-0.05, 0) is 35.6 Å². The third-order valence-electron chi connectivity index (χ3n) is 2.81. The molecule has 0 bridgehead atoms. The molecule has 1 heterocycles. The Morgan fingerprint density at radius 2 is 2.11 bits per heavy atom. The molecule has 0 aliphatic heterocycles. The molecule has 19 heavy (non-hydrogen) atoms. The summed E-state index contributed by atoms with van der Waals surface area (Å²) in [7, 11) is 0. The molecule has 2 aromatic rings.